The molecule has 8 heteroatoms. The van der Waals surface area contributed by atoms with Crippen molar-refractivity contribution in [2.45, 2.75) is 25.8 Å². The molecular formula is C19H29N3O5. The molecule has 1 aromatic carbocycles. The highest BCUT2D eigenvalue weighted by atomic mass is 16.5. The summed E-state index contributed by atoms with van der Waals surface area (Å²) in [5.41, 5.74) is 6.12. The Kier molecular flexibility index (Phi) is 7.29. The predicted molar refractivity (Wildman–Crippen MR) is 101 cm³/mol. The molecular weight excluding hydrogens is 350 g/mol. The van der Waals surface area contributed by atoms with E-state index in [4.69, 9.17) is 19.9 Å². The van der Waals surface area contributed by atoms with Crippen LogP contribution in [0, 0.1) is 0 Å². The molecule has 0 bridgehead atoms. The molecule has 1 saturated heterocycles. The molecule has 1 aliphatic heterocycles. The molecule has 1 heterocycles. The minimum atomic E-state index is -0.157. The van der Waals surface area contributed by atoms with Gasteiger partial charge in [0.15, 0.2) is 11.5 Å². The lowest BCUT2D eigenvalue weighted by Crippen LogP contribution is -2.50. The lowest BCUT2D eigenvalue weighted by Gasteiger charge is -2.35. The van der Waals surface area contributed by atoms with E-state index < -0.39 is 0 Å². The van der Waals surface area contributed by atoms with E-state index in [9.17, 15) is 9.59 Å². The fourth-order valence-corrected chi connectivity index (χ4v) is 3.11. The number of rotatable bonds is 7. The first-order valence-corrected chi connectivity index (χ1v) is 9.04. The fraction of sp³-hybridized carbons (Fsp3) is 0.579. The van der Waals surface area contributed by atoms with Crippen LogP contribution in [0.1, 0.15) is 30.1 Å². The third-order valence-corrected chi connectivity index (χ3v) is 4.67. The molecule has 150 valence electrons. The van der Waals surface area contributed by atoms with Gasteiger partial charge in [-0.1, -0.05) is 0 Å². The van der Waals surface area contributed by atoms with Crippen LogP contribution in [-0.4, -0.2) is 75.2 Å². The van der Waals surface area contributed by atoms with Gasteiger partial charge >= 0.3 is 0 Å². The van der Waals surface area contributed by atoms with Crippen LogP contribution in [-0.2, 0) is 4.79 Å². The zero-order valence-electron chi connectivity index (χ0n) is 16.5. The van der Waals surface area contributed by atoms with E-state index in [0.29, 0.717) is 61.8 Å². The maximum Gasteiger partial charge on any atom is 0.257 e. The van der Waals surface area contributed by atoms with Crippen LogP contribution in [0.2, 0.25) is 0 Å². The van der Waals surface area contributed by atoms with Crippen LogP contribution in [0.3, 0.4) is 0 Å². The van der Waals surface area contributed by atoms with Gasteiger partial charge in [-0.25, -0.2) is 0 Å². The van der Waals surface area contributed by atoms with Crippen molar-refractivity contribution in [2.24, 2.45) is 5.73 Å². The van der Waals surface area contributed by atoms with E-state index in [0.717, 1.165) is 0 Å². The average molecular weight is 379 g/mol. The van der Waals surface area contributed by atoms with Crippen LogP contribution in [0.25, 0.3) is 0 Å². The summed E-state index contributed by atoms with van der Waals surface area (Å²) in [7, 11) is 4.52. The second kappa shape index (κ2) is 9.45. The third-order valence-electron chi connectivity index (χ3n) is 4.67. The lowest BCUT2D eigenvalue weighted by molar-refractivity contribution is -0.132. The van der Waals surface area contributed by atoms with E-state index in [1.165, 1.54) is 21.3 Å². The fourth-order valence-electron chi connectivity index (χ4n) is 3.11. The molecule has 2 rings (SSSR count). The molecule has 1 unspecified atom stereocenters. The number of amides is 2. The molecule has 1 atom stereocenters. The number of carbonyl (C=O) groups is 2. The van der Waals surface area contributed by atoms with E-state index in [-0.39, 0.29) is 17.9 Å². The van der Waals surface area contributed by atoms with Crippen LogP contribution in [0.15, 0.2) is 12.1 Å². The SMILES string of the molecule is COc1ccc(C(=O)N2CCN(C(=O)CCC(C)N)CC2)c(OC)c1OC. The normalized spacial score (nSPS) is 15.3. The zero-order valence-corrected chi connectivity index (χ0v) is 16.5. The first-order chi connectivity index (χ1) is 12.9. The van der Waals surface area contributed by atoms with Crippen molar-refractivity contribution in [3.8, 4) is 17.2 Å². The molecule has 1 aliphatic rings. The molecule has 2 amide bonds. The van der Waals surface area contributed by atoms with Gasteiger partial charge < -0.3 is 29.7 Å². The molecule has 0 spiro atoms. The van der Waals surface area contributed by atoms with Crippen LogP contribution in [0.4, 0.5) is 0 Å². The monoisotopic (exact) mass is 379 g/mol. The Morgan fingerprint density at radius 2 is 1.59 bits per heavy atom. The van der Waals surface area contributed by atoms with Crippen molar-refractivity contribution in [1.29, 1.82) is 0 Å². The second-order valence-corrected chi connectivity index (χ2v) is 6.57. The molecule has 1 fully saturated rings. The Morgan fingerprint density at radius 1 is 1.00 bits per heavy atom. The summed E-state index contributed by atoms with van der Waals surface area (Å²) in [5, 5.41) is 0. The Balaban J connectivity index is 2.07. The molecule has 0 saturated carbocycles. The summed E-state index contributed by atoms with van der Waals surface area (Å²) < 4.78 is 16.0. The summed E-state index contributed by atoms with van der Waals surface area (Å²) in [6.07, 6.45) is 1.11. The number of piperazine rings is 1. The summed E-state index contributed by atoms with van der Waals surface area (Å²) in [6.45, 7) is 3.86. The van der Waals surface area contributed by atoms with Gasteiger partial charge in [-0.05, 0) is 25.5 Å². The van der Waals surface area contributed by atoms with Crippen molar-refractivity contribution in [2.75, 3.05) is 47.5 Å². The number of carbonyl (C=O) groups excluding carboxylic acids is 2. The first-order valence-electron chi connectivity index (χ1n) is 9.04. The lowest BCUT2D eigenvalue weighted by atomic mass is 10.1. The molecule has 0 radical (unpaired) electrons. The number of benzene rings is 1. The minimum absolute atomic E-state index is 0.00864. The van der Waals surface area contributed by atoms with E-state index in [2.05, 4.69) is 0 Å². The highest BCUT2D eigenvalue weighted by Gasteiger charge is 2.28. The molecule has 27 heavy (non-hydrogen) atoms. The summed E-state index contributed by atoms with van der Waals surface area (Å²) >= 11 is 0. The third kappa shape index (κ3) is 4.82. The van der Waals surface area contributed by atoms with E-state index in [1.807, 2.05) is 6.92 Å². The van der Waals surface area contributed by atoms with Crippen LogP contribution < -0.4 is 19.9 Å². The van der Waals surface area contributed by atoms with Crippen molar-refractivity contribution in [3.63, 3.8) is 0 Å². The molecule has 0 aromatic heterocycles. The maximum atomic E-state index is 13.0. The van der Waals surface area contributed by atoms with Crippen LogP contribution in [0.5, 0.6) is 17.2 Å². The zero-order chi connectivity index (χ0) is 20.0. The number of ether oxygens (including phenoxy) is 3. The Labute approximate surface area is 160 Å². The Hall–Kier alpha value is -2.48. The van der Waals surface area contributed by atoms with Crippen molar-refractivity contribution in [1.82, 2.24) is 9.80 Å². The number of nitrogens with zero attached hydrogens (tertiary/aromatic N) is 2. The van der Waals surface area contributed by atoms with Crippen LogP contribution >= 0.6 is 0 Å². The summed E-state index contributed by atoms with van der Waals surface area (Å²) in [5.74, 6) is 1.15. The quantitative estimate of drug-likeness (QED) is 0.763. The maximum absolute atomic E-state index is 13.0. The minimum Gasteiger partial charge on any atom is -0.493 e. The summed E-state index contributed by atoms with van der Waals surface area (Å²) in [4.78, 5) is 28.7. The number of hydrogen-bond acceptors (Lipinski definition) is 6. The van der Waals surface area contributed by atoms with E-state index in [1.54, 1.807) is 21.9 Å². The van der Waals surface area contributed by atoms with Gasteiger partial charge in [0.2, 0.25) is 11.7 Å². The first kappa shape index (κ1) is 20.8. The smallest absolute Gasteiger partial charge is 0.257 e. The number of methoxy groups -OCH3 is 3. The van der Waals surface area contributed by atoms with Gasteiger partial charge in [0.05, 0.1) is 26.9 Å². The molecule has 8 nitrogen and oxygen atoms in total. The Bertz CT molecular complexity index is 670. The van der Waals surface area contributed by atoms with E-state index >= 15 is 0 Å². The van der Waals surface area contributed by atoms with Gasteiger partial charge in [-0.2, -0.15) is 0 Å². The Morgan fingerprint density at radius 3 is 2.11 bits per heavy atom. The number of nitrogens with two attached hydrogens (primary N) is 1. The molecule has 1 aromatic rings. The van der Waals surface area contributed by atoms with Crippen molar-refractivity contribution >= 4 is 11.8 Å². The average Bonchev–Trinajstić information content (AvgIpc) is 2.70. The largest absolute Gasteiger partial charge is 0.493 e. The standard InChI is InChI=1S/C19H29N3O5/c1-13(20)5-8-16(23)21-9-11-22(12-10-21)19(24)14-6-7-15(25-2)18(27-4)17(14)26-3/h6-7,13H,5,8-12,20H2,1-4H3. The highest BCUT2D eigenvalue weighted by molar-refractivity contribution is 5.98. The molecule has 0 aliphatic carbocycles. The molecule has 2 N–H and O–H groups in total. The van der Waals surface area contributed by atoms with Gasteiger partial charge in [-0.3, -0.25) is 9.59 Å². The van der Waals surface area contributed by atoms with Crippen molar-refractivity contribution in [3.05, 3.63) is 17.7 Å². The highest BCUT2D eigenvalue weighted by Crippen LogP contribution is 2.40. The summed E-state index contributed by atoms with van der Waals surface area (Å²) in [6, 6.07) is 3.36. The topological polar surface area (TPSA) is 94.3 Å². The van der Waals surface area contributed by atoms with Gasteiger partial charge in [0.1, 0.15) is 0 Å². The predicted octanol–water partition coefficient (Wildman–Crippen LogP) is 1.12. The van der Waals surface area contributed by atoms with Crippen molar-refractivity contribution < 1.29 is 23.8 Å². The van der Waals surface area contributed by atoms with Gasteiger partial charge in [-0.15, -0.1) is 0 Å². The van der Waals surface area contributed by atoms with Gasteiger partial charge in [0.25, 0.3) is 5.91 Å². The second-order valence-electron chi connectivity index (χ2n) is 6.57. The van der Waals surface area contributed by atoms with Gasteiger partial charge in [0, 0.05) is 38.6 Å². The number of hydrogen-bond donors (Lipinski definition) is 1.